The summed E-state index contributed by atoms with van der Waals surface area (Å²) in [6.07, 6.45) is 2.33. The van der Waals surface area contributed by atoms with Crippen molar-refractivity contribution in [3.63, 3.8) is 0 Å². The lowest BCUT2D eigenvalue weighted by atomic mass is 10.4. The maximum atomic E-state index is 8.56. The third kappa shape index (κ3) is 16.5. The molecule has 3 N–H and O–H groups in total. The van der Waals surface area contributed by atoms with Crippen molar-refractivity contribution in [1.82, 2.24) is 5.06 Å². The summed E-state index contributed by atoms with van der Waals surface area (Å²) >= 11 is 0. The van der Waals surface area contributed by atoms with Gasteiger partial charge >= 0.3 is 0 Å². The maximum absolute atomic E-state index is 8.56. The summed E-state index contributed by atoms with van der Waals surface area (Å²) in [5, 5.41) is 9.92. The monoisotopic (exact) mass is 176 g/mol. The van der Waals surface area contributed by atoms with Crippen LogP contribution in [0.5, 0.6) is 0 Å². The SMILES string of the molecule is CC.CC(C)N.ON1CCCC1. The highest BCUT2D eigenvalue weighted by atomic mass is 16.5. The molecule has 0 aromatic carbocycles. The Bertz CT molecular complexity index is 68.2. The molecule has 0 amide bonds. The molecule has 1 fully saturated rings. The Morgan fingerprint density at radius 2 is 1.42 bits per heavy atom. The summed E-state index contributed by atoms with van der Waals surface area (Å²) in [7, 11) is 0. The first kappa shape index (κ1) is 14.4. The zero-order valence-corrected chi connectivity index (χ0v) is 8.88. The van der Waals surface area contributed by atoms with E-state index in [1.807, 2.05) is 27.7 Å². The molecular formula is C9H24N2O. The molecule has 1 aliphatic rings. The predicted octanol–water partition coefficient (Wildman–Crippen LogP) is 1.85. The molecule has 76 valence electrons. The van der Waals surface area contributed by atoms with Gasteiger partial charge in [-0.2, -0.15) is 5.06 Å². The molecule has 0 aromatic heterocycles. The van der Waals surface area contributed by atoms with Gasteiger partial charge in [-0.3, -0.25) is 0 Å². The normalized spacial score (nSPS) is 16.2. The molecule has 0 saturated carbocycles. The first-order chi connectivity index (χ1) is 5.63. The number of nitrogens with two attached hydrogens (primary N) is 1. The van der Waals surface area contributed by atoms with Crippen molar-refractivity contribution >= 4 is 0 Å². The molecule has 0 bridgehead atoms. The molecule has 1 saturated heterocycles. The minimum absolute atomic E-state index is 0.333. The van der Waals surface area contributed by atoms with Gasteiger partial charge in [-0.1, -0.05) is 27.7 Å². The summed E-state index contributed by atoms with van der Waals surface area (Å²) in [4.78, 5) is 0. The molecule has 1 heterocycles. The molecule has 1 aliphatic heterocycles. The maximum Gasteiger partial charge on any atom is 0.0238 e. The van der Waals surface area contributed by atoms with E-state index < -0.39 is 0 Å². The Morgan fingerprint density at radius 3 is 1.50 bits per heavy atom. The quantitative estimate of drug-likeness (QED) is 0.592. The highest BCUT2D eigenvalue weighted by Crippen LogP contribution is 2.01. The van der Waals surface area contributed by atoms with Gasteiger partial charge < -0.3 is 10.9 Å². The Kier molecular flexibility index (Phi) is 13.1. The van der Waals surface area contributed by atoms with Gasteiger partial charge in [0.05, 0.1) is 0 Å². The first-order valence-electron chi connectivity index (χ1n) is 4.82. The average molecular weight is 176 g/mol. The van der Waals surface area contributed by atoms with Crippen molar-refractivity contribution in [3.8, 4) is 0 Å². The van der Waals surface area contributed by atoms with Gasteiger partial charge in [0, 0.05) is 13.1 Å². The number of hydrogen-bond donors (Lipinski definition) is 2. The highest BCUT2D eigenvalue weighted by Gasteiger charge is 2.05. The third-order valence-corrected chi connectivity index (χ3v) is 1.08. The van der Waals surface area contributed by atoms with E-state index in [0.29, 0.717) is 6.04 Å². The van der Waals surface area contributed by atoms with Crippen LogP contribution in [-0.2, 0) is 0 Å². The standard InChI is InChI=1S/C4H9NO.C3H9N.C2H6/c6-5-3-1-2-4-5;1-3(2)4;1-2/h6H,1-4H2;3H,4H2,1-2H3;1-2H3. The Morgan fingerprint density at radius 1 is 1.17 bits per heavy atom. The van der Waals surface area contributed by atoms with E-state index in [9.17, 15) is 0 Å². The van der Waals surface area contributed by atoms with Crippen LogP contribution < -0.4 is 5.73 Å². The molecule has 0 aromatic rings. The van der Waals surface area contributed by atoms with Crippen LogP contribution in [-0.4, -0.2) is 29.4 Å². The van der Waals surface area contributed by atoms with Gasteiger partial charge in [-0.15, -0.1) is 0 Å². The zero-order chi connectivity index (χ0) is 9.98. The Labute approximate surface area is 76.5 Å². The predicted molar refractivity (Wildman–Crippen MR) is 53.3 cm³/mol. The molecule has 0 radical (unpaired) electrons. The lowest BCUT2D eigenvalue weighted by Crippen LogP contribution is -2.11. The van der Waals surface area contributed by atoms with Gasteiger partial charge in [-0.25, -0.2) is 0 Å². The minimum Gasteiger partial charge on any atom is -0.328 e. The van der Waals surface area contributed by atoms with Gasteiger partial charge in [-0.05, 0) is 18.9 Å². The largest absolute Gasteiger partial charge is 0.328 e. The second kappa shape index (κ2) is 10.9. The van der Waals surface area contributed by atoms with Gasteiger partial charge in [0.15, 0.2) is 0 Å². The van der Waals surface area contributed by atoms with E-state index >= 15 is 0 Å². The number of rotatable bonds is 0. The fraction of sp³-hybridized carbons (Fsp3) is 1.00. The van der Waals surface area contributed by atoms with E-state index in [1.165, 1.54) is 5.06 Å². The van der Waals surface area contributed by atoms with Crippen molar-refractivity contribution in [2.45, 2.75) is 46.6 Å². The molecule has 0 atom stereocenters. The van der Waals surface area contributed by atoms with Crippen LogP contribution in [0.2, 0.25) is 0 Å². The lowest BCUT2D eigenvalue weighted by molar-refractivity contribution is -0.0678. The Balaban J connectivity index is 0. The van der Waals surface area contributed by atoms with Crippen molar-refractivity contribution in [2.24, 2.45) is 5.73 Å². The fourth-order valence-electron chi connectivity index (χ4n) is 0.700. The fourth-order valence-corrected chi connectivity index (χ4v) is 0.700. The molecule has 3 heteroatoms. The van der Waals surface area contributed by atoms with Crippen LogP contribution in [0.4, 0.5) is 0 Å². The van der Waals surface area contributed by atoms with E-state index in [1.54, 1.807) is 0 Å². The number of hydrogen-bond acceptors (Lipinski definition) is 3. The average Bonchev–Trinajstić information content (AvgIpc) is 2.43. The smallest absolute Gasteiger partial charge is 0.0238 e. The van der Waals surface area contributed by atoms with Crippen LogP contribution in [0.3, 0.4) is 0 Å². The molecule has 12 heavy (non-hydrogen) atoms. The summed E-state index contributed by atoms with van der Waals surface area (Å²) in [6, 6.07) is 0.333. The number of hydroxylamine groups is 2. The molecule has 1 rings (SSSR count). The second-order valence-electron chi connectivity index (χ2n) is 2.90. The van der Waals surface area contributed by atoms with Gasteiger partial charge in [0.2, 0.25) is 0 Å². The van der Waals surface area contributed by atoms with Crippen LogP contribution in [0.15, 0.2) is 0 Å². The minimum atomic E-state index is 0.333. The van der Waals surface area contributed by atoms with Gasteiger partial charge in [0.25, 0.3) is 0 Å². The van der Waals surface area contributed by atoms with E-state index in [2.05, 4.69) is 0 Å². The molecule has 0 spiro atoms. The van der Waals surface area contributed by atoms with E-state index in [-0.39, 0.29) is 0 Å². The molecule has 3 nitrogen and oxygen atoms in total. The van der Waals surface area contributed by atoms with Crippen LogP contribution in [0, 0.1) is 0 Å². The van der Waals surface area contributed by atoms with Crippen molar-refractivity contribution in [1.29, 1.82) is 0 Å². The molecular weight excluding hydrogens is 152 g/mol. The second-order valence-corrected chi connectivity index (χ2v) is 2.90. The van der Waals surface area contributed by atoms with Crippen molar-refractivity contribution < 1.29 is 5.21 Å². The molecule has 0 unspecified atom stereocenters. The van der Waals surface area contributed by atoms with E-state index in [0.717, 1.165) is 25.9 Å². The molecule has 0 aliphatic carbocycles. The van der Waals surface area contributed by atoms with Gasteiger partial charge in [0.1, 0.15) is 0 Å². The van der Waals surface area contributed by atoms with Crippen LogP contribution in [0.25, 0.3) is 0 Å². The van der Waals surface area contributed by atoms with E-state index in [4.69, 9.17) is 10.9 Å². The van der Waals surface area contributed by atoms with Crippen molar-refractivity contribution in [2.75, 3.05) is 13.1 Å². The third-order valence-electron chi connectivity index (χ3n) is 1.08. The van der Waals surface area contributed by atoms with Crippen LogP contribution in [0.1, 0.15) is 40.5 Å². The summed E-state index contributed by atoms with van der Waals surface area (Å²) < 4.78 is 0. The van der Waals surface area contributed by atoms with Crippen LogP contribution >= 0.6 is 0 Å². The summed E-state index contributed by atoms with van der Waals surface area (Å²) in [6.45, 7) is 9.64. The zero-order valence-electron chi connectivity index (χ0n) is 8.88. The number of nitrogens with zero attached hydrogens (tertiary/aromatic N) is 1. The summed E-state index contributed by atoms with van der Waals surface area (Å²) in [5.74, 6) is 0. The summed E-state index contributed by atoms with van der Waals surface area (Å²) in [5.41, 5.74) is 5.11. The highest BCUT2D eigenvalue weighted by molar-refractivity contribution is 4.54. The lowest BCUT2D eigenvalue weighted by Gasteiger charge is -1.99. The Hall–Kier alpha value is -0.120. The van der Waals surface area contributed by atoms with Crippen molar-refractivity contribution in [3.05, 3.63) is 0 Å². The topological polar surface area (TPSA) is 49.5 Å². The first-order valence-corrected chi connectivity index (χ1v) is 4.82.